The first-order valence-corrected chi connectivity index (χ1v) is 13.0. The van der Waals surface area contributed by atoms with E-state index in [1.54, 1.807) is 20.8 Å². The zero-order valence-corrected chi connectivity index (χ0v) is 19.4. The van der Waals surface area contributed by atoms with E-state index < -0.39 is 43.9 Å². The van der Waals surface area contributed by atoms with Gasteiger partial charge in [-0.3, -0.25) is 4.79 Å². The number of carbonyl (C=O) groups is 2. The highest BCUT2D eigenvalue weighted by molar-refractivity contribution is 7.91. The van der Waals surface area contributed by atoms with Crippen LogP contribution in [0.5, 0.6) is 0 Å². The third-order valence-corrected chi connectivity index (χ3v) is 9.20. The minimum atomic E-state index is -3.90. The van der Waals surface area contributed by atoms with Gasteiger partial charge < -0.3 is 10.1 Å². The quantitative estimate of drug-likeness (QED) is 0.554. The summed E-state index contributed by atoms with van der Waals surface area (Å²) in [6.07, 6.45) is 0.277. The van der Waals surface area contributed by atoms with Crippen LogP contribution in [0.4, 0.5) is 0 Å². The molecule has 1 aromatic carbocycles. The molecule has 1 amide bonds. The summed E-state index contributed by atoms with van der Waals surface area (Å²) >= 11 is 6.03. The number of nitrogens with one attached hydrogen (secondary N) is 1. The summed E-state index contributed by atoms with van der Waals surface area (Å²) in [5.74, 6) is -1.74. The van der Waals surface area contributed by atoms with Crippen LogP contribution in [0.1, 0.15) is 37.6 Å². The molecule has 30 heavy (non-hydrogen) atoms. The van der Waals surface area contributed by atoms with Crippen molar-refractivity contribution < 1.29 is 31.2 Å². The van der Waals surface area contributed by atoms with Gasteiger partial charge in [-0.2, -0.15) is 4.31 Å². The van der Waals surface area contributed by atoms with Gasteiger partial charge >= 0.3 is 5.97 Å². The maximum atomic E-state index is 12.7. The Hall–Kier alpha value is -1.69. The highest BCUT2D eigenvalue weighted by atomic mass is 35.5. The third kappa shape index (κ3) is 5.71. The van der Waals surface area contributed by atoms with Gasteiger partial charge in [0.15, 0.2) is 16.4 Å². The number of sulfone groups is 1. The number of halogens is 1. The summed E-state index contributed by atoms with van der Waals surface area (Å²) in [6, 6.07) is 3.69. The molecule has 168 valence electrons. The number of amides is 1. The number of carbonyl (C=O) groups excluding carboxylic acids is 2. The number of esters is 1. The lowest BCUT2D eigenvalue weighted by Crippen LogP contribution is -2.48. The normalized spacial score (nSPS) is 20.8. The van der Waals surface area contributed by atoms with E-state index in [1.165, 1.54) is 16.4 Å². The lowest BCUT2D eigenvalue weighted by molar-refractivity contribution is -0.125. The Balaban J connectivity index is 2.08. The molecule has 2 rings (SSSR count). The Morgan fingerprint density at radius 3 is 2.43 bits per heavy atom. The van der Waals surface area contributed by atoms with Crippen LogP contribution in [-0.4, -0.2) is 69.8 Å². The van der Waals surface area contributed by atoms with Gasteiger partial charge in [0.25, 0.3) is 5.91 Å². The molecule has 1 aromatic rings. The van der Waals surface area contributed by atoms with Crippen LogP contribution in [0.15, 0.2) is 23.1 Å². The van der Waals surface area contributed by atoms with E-state index in [0.29, 0.717) is 0 Å². The standard InChI is InChI=1S/C18H25ClN2O7S2/c1-4-21(5-2)30(26,27)15-10-13(6-7-14(15)19)17(23)28-11-16(22)20-18(3)8-9-29(24,25)12-18/h6-7,10H,4-5,8-9,11-12H2,1-3H3,(H,20,22). The fourth-order valence-corrected chi connectivity index (χ4v) is 7.28. The van der Waals surface area contributed by atoms with Gasteiger partial charge in [-0.15, -0.1) is 0 Å². The van der Waals surface area contributed by atoms with E-state index in [0.717, 1.165) is 6.07 Å². The van der Waals surface area contributed by atoms with Crippen LogP contribution in [-0.2, 0) is 29.4 Å². The van der Waals surface area contributed by atoms with Crippen LogP contribution >= 0.6 is 11.6 Å². The molecule has 0 radical (unpaired) electrons. The van der Waals surface area contributed by atoms with E-state index in [-0.39, 0.29) is 46.5 Å². The highest BCUT2D eigenvalue weighted by Crippen LogP contribution is 2.26. The average Bonchev–Trinajstić information content (AvgIpc) is 2.93. The van der Waals surface area contributed by atoms with E-state index in [9.17, 15) is 26.4 Å². The number of nitrogens with zero attached hydrogens (tertiary/aromatic N) is 1. The molecule has 1 atom stereocenters. The van der Waals surface area contributed by atoms with Gasteiger partial charge in [-0.25, -0.2) is 21.6 Å². The fraction of sp³-hybridized carbons (Fsp3) is 0.556. The molecule has 0 aromatic heterocycles. The second-order valence-corrected chi connectivity index (χ2v) is 11.8. The van der Waals surface area contributed by atoms with Crippen molar-refractivity contribution in [3.8, 4) is 0 Å². The van der Waals surface area contributed by atoms with E-state index >= 15 is 0 Å². The van der Waals surface area contributed by atoms with Crippen molar-refractivity contribution in [1.29, 1.82) is 0 Å². The summed E-state index contributed by atoms with van der Waals surface area (Å²) in [6.45, 7) is 4.82. The Morgan fingerprint density at radius 1 is 1.27 bits per heavy atom. The van der Waals surface area contributed by atoms with Gasteiger partial charge in [0.1, 0.15) is 4.90 Å². The molecule has 0 saturated carbocycles. The number of hydrogen-bond acceptors (Lipinski definition) is 7. The molecule has 1 heterocycles. The van der Waals surface area contributed by atoms with E-state index in [2.05, 4.69) is 5.32 Å². The van der Waals surface area contributed by atoms with Gasteiger partial charge in [-0.05, 0) is 31.5 Å². The van der Waals surface area contributed by atoms with Crippen LogP contribution in [0.2, 0.25) is 5.02 Å². The van der Waals surface area contributed by atoms with Crippen LogP contribution in [0.25, 0.3) is 0 Å². The Bertz CT molecular complexity index is 1040. The molecule has 1 saturated heterocycles. The summed E-state index contributed by atoms with van der Waals surface area (Å²) < 4.78 is 54.8. The van der Waals surface area contributed by atoms with Gasteiger partial charge in [0.05, 0.1) is 27.6 Å². The minimum absolute atomic E-state index is 0.0157. The highest BCUT2D eigenvalue weighted by Gasteiger charge is 2.39. The smallest absolute Gasteiger partial charge is 0.338 e. The first kappa shape index (κ1) is 24.6. The number of hydrogen-bond donors (Lipinski definition) is 1. The fourth-order valence-electron chi connectivity index (χ4n) is 3.23. The molecule has 1 fully saturated rings. The maximum Gasteiger partial charge on any atom is 0.338 e. The zero-order chi connectivity index (χ0) is 22.7. The van der Waals surface area contributed by atoms with Crippen LogP contribution in [0.3, 0.4) is 0 Å². The van der Waals surface area contributed by atoms with Crippen molar-refractivity contribution in [1.82, 2.24) is 9.62 Å². The van der Waals surface area contributed by atoms with Gasteiger partial charge in [0.2, 0.25) is 10.0 Å². The zero-order valence-electron chi connectivity index (χ0n) is 17.0. The van der Waals surface area contributed by atoms with Crippen molar-refractivity contribution in [3.63, 3.8) is 0 Å². The molecule has 1 aliphatic heterocycles. The molecule has 12 heteroatoms. The lowest BCUT2D eigenvalue weighted by atomic mass is 10.0. The molecule has 0 bridgehead atoms. The van der Waals surface area contributed by atoms with Crippen LogP contribution < -0.4 is 5.32 Å². The topological polar surface area (TPSA) is 127 Å². The Morgan fingerprint density at radius 2 is 1.90 bits per heavy atom. The number of sulfonamides is 1. The predicted molar refractivity (Wildman–Crippen MR) is 112 cm³/mol. The van der Waals surface area contributed by atoms with Crippen molar-refractivity contribution in [3.05, 3.63) is 28.8 Å². The first-order chi connectivity index (χ1) is 13.8. The molecule has 1 unspecified atom stereocenters. The average molecular weight is 481 g/mol. The Kier molecular flexibility index (Phi) is 7.54. The summed E-state index contributed by atoms with van der Waals surface area (Å²) in [5, 5.41) is 2.54. The SMILES string of the molecule is CCN(CC)S(=O)(=O)c1cc(C(=O)OCC(=O)NC2(C)CCS(=O)(=O)C2)ccc1Cl. The summed E-state index contributed by atoms with van der Waals surface area (Å²) in [4.78, 5) is 24.2. The summed E-state index contributed by atoms with van der Waals surface area (Å²) in [5.41, 5.74) is -0.985. The number of rotatable bonds is 8. The van der Waals surface area contributed by atoms with Crippen LogP contribution in [0, 0.1) is 0 Å². The van der Waals surface area contributed by atoms with Crippen molar-refractivity contribution in [2.45, 2.75) is 37.6 Å². The molecular weight excluding hydrogens is 456 g/mol. The molecule has 1 aliphatic rings. The number of benzene rings is 1. The molecule has 1 N–H and O–H groups in total. The Labute approximate surface area is 181 Å². The van der Waals surface area contributed by atoms with E-state index in [4.69, 9.17) is 16.3 Å². The second-order valence-electron chi connectivity index (χ2n) is 7.26. The van der Waals surface area contributed by atoms with Crippen molar-refractivity contribution >= 4 is 43.3 Å². The second kappa shape index (κ2) is 9.21. The molecule has 0 spiro atoms. The number of ether oxygens (including phenoxy) is 1. The predicted octanol–water partition coefficient (Wildman–Crippen LogP) is 1.22. The van der Waals surface area contributed by atoms with Gasteiger partial charge in [0, 0.05) is 13.1 Å². The first-order valence-electron chi connectivity index (χ1n) is 9.32. The molecule has 9 nitrogen and oxygen atoms in total. The van der Waals surface area contributed by atoms with Crippen molar-refractivity contribution in [2.75, 3.05) is 31.2 Å². The largest absolute Gasteiger partial charge is 0.452 e. The van der Waals surface area contributed by atoms with Crippen molar-refractivity contribution in [2.24, 2.45) is 0 Å². The van der Waals surface area contributed by atoms with E-state index in [1.807, 2.05) is 0 Å². The molecular formula is C18H25ClN2O7S2. The summed E-state index contributed by atoms with van der Waals surface area (Å²) in [7, 11) is -7.10. The monoisotopic (exact) mass is 480 g/mol. The third-order valence-electron chi connectivity index (χ3n) is 4.77. The van der Waals surface area contributed by atoms with Gasteiger partial charge in [-0.1, -0.05) is 25.4 Å². The molecule has 0 aliphatic carbocycles. The lowest BCUT2D eigenvalue weighted by Gasteiger charge is -2.23. The maximum absolute atomic E-state index is 12.7. The minimum Gasteiger partial charge on any atom is -0.452 e.